The number of hydrogen-bond donors (Lipinski definition) is 0. The topological polar surface area (TPSA) is 62.9 Å². The first-order valence-electron chi connectivity index (χ1n) is 4.72. The second kappa shape index (κ2) is 4.09. The van der Waals surface area contributed by atoms with Gasteiger partial charge in [-0.25, -0.2) is 9.50 Å². The molecular weight excluding hydrogens is 206 g/mol. The van der Waals surface area contributed by atoms with E-state index in [9.17, 15) is 4.79 Å². The number of aromatic nitrogens is 3. The van der Waals surface area contributed by atoms with Crippen molar-refractivity contribution >= 4 is 17.9 Å². The summed E-state index contributed by atoms with van der Waals surface area (Å²) in [5.74, 6) is -0.345. The normalized spacial score (nSPS) is 11.1. The highest BCUT2D eigenvalue weighted by Crippen LogP contribution is 2.07. The molecule has 6 heteroatoms. The predicted octanol–water partition coefficient (Wildman–Crippen LogP) is 0.459. The van der Waals surface area contributed by atoms with Crippen molar-refractivity contribution in [2.45, 2.75) is 0 Å². The lowest BCUT2D eigenvalue weighted by Gasteiger charge is -2.00. The molecule has 2 heterocycles. The first-order valence-corrected chi connectivity index (χ1v) is 4.72. The molecule has 2 aromatic heterocycles. The Labute approximate surface area is 92.2 Å². The van der Waals surface area contributed by atoms with Crippen LogP contribution in [0.3, 0.4) is 0 Å². The van der Waals surface area contributed by atoms with Crippen molar-refractivity contribution in [2.24, 2.45) is 4.99 Å². The molecule has 0 aliphatic carbocycles. The van der Waals surface area contributed by atoms with Crippen molar-refractivity contribution in [2.75, 3.05) is 14.1 Å². The van der Waals surface area contributed by atoms with Gasteiger partial charge in [0, 0.05) is 26.5 Å². The van der Waals surface area contributed by atoms with E-state index in [1.54, 1.807) is 42.0 Å². The van der Waals surface area contributed by atoms with Crippen molar-refractivity contribution < 1.29 is 4.79 Å². The molecular formula is C10H11N5O. The Kier molecular flexibility index (Phi) is 2.63. The number of nitrogens with zero attached hydrogens (tertiary/aromatic N) is 5. The third-order valence-electron chi connectivity index (χ3n) is 1.92. The summed E-state index contributed by atoms with van der Waals surface area (Å²) in [5, 5.41) is 4.01. The van der Waals surface area contributed by atoms with Crippen LogP contribution < -0.4 is 0 Å². The van der Waals surface area contributed by atoms with Crippen molar-refractivity contribution in [1.29, 1.82) is 0 Å². The maximum Gasteiger partial charge on any atom is 0.283 e. The standard InChI is InChI=1S/C10H11N5O/c1-14(2)7-12-10(16)8-6-13-15-5-3-4-11-9(8)15/h3-7H,1-2H3/b12-7+. The Bertz CT molecular complexity index is 543. The van der Waals surface area contributed by atoms with Crippen LogP contribution in [0.5, 0.6) is 0 Å². The molecule has 0 radical (unpaired) electrons. The van der Waals surface area contributed by atoms with Crippen LogP contribution in [-0.4, -0.2) is 45.8 Å². The summed E-state index contributed by atoms with van der Waals surface area (Å²) in [6.07, 6.45) is 6.27. The summed E-state index contributed by atoms with van der Waals surface area (Å²) in [5.41, 5.74) is 0.919. The first kappa shape index (κ1) is 10.3. The van der Waals surface area contributed by atoms with Crippen LogP contribution in [0, 0.1) is 0 Å². The van der Waals surface area contributed by atoms with Gasteiger partial charge in [0.25, 0.3) is 5.91 Å². The fourth-order valence-electron chi connectivity index (χ4n) is 1.22. The molecule has 2 rings (SSSR count). The minimum Gasteiger partial charge on any atom is -0.369 e. The van der Waals surface area contributed by atoms with E-state index in [1.807, 2.05) is 0 Å². The summed E-state index contributed by atoms with van der Waals surface area (Å²) in [6, 6.07) is 1.75. The van der Waals surface area contributed by atoms with Crippen LogP contribution >= 0.6 is 0 Å². The van der Waals surface area contributed by atoms with Crippen molar-refractivity contribution in [3.8, 4) is 0 Å². The van der Waals surface area contributed by atoms with E-state index < -0.39 is 0 Å². The van der Waals surface area contributed by atoms with Crippen LogP contribution in [0.15, 0.2) is 29.6 Å². The molecule has 0 aliphatic rings. The van der Waals surface area contributed by atoms with Gasteiger partial charge in [-0.05, 0) is 6.07 Å². The lowest BCUT2D eigenvalue weighted by atomic mass is 10.3. The molecule has 0 aromatic carbocycles. The van der Waals surface area contributed by atoms with E-state index in [-0.39, 0.29) is 5.91 Å². The molecule has 0 saturated carbocycles. The Balaban J connectivity index is 2.37. The molecule has 0 unspecified atom stereocenters. The summed E-state index contributed by atoms with van der Waals surface area (Å²) >= 11 is 0. The molecule has 0 fully saturated rings. The second-order valence-electron chi connectivity index (χ2n) is 3.46. The quantitative estimate of drug-likeness (QED) is 0.541. The lowest BCUT2D eigenvalue weighted by molar-refractivity contribution is 0.100. The maximum atomic E-state index is 11.7. The third-order valence-corrected chi connectivity index (χ3v) is 1.92. The summed E-state index contributed by atoms with van der Waals surface area (Å²) < 4.78 is 1.54. The average Bonchev–Trinajstić information content (AvgIpc) is 2.69. The summed E-state index contributed by atoms with van der Waals surface area (Å²) in [6.45, 7) is 0. The van der Waals surface area contributed by atoms with Crippen molar-refractivity contribution in [1.82, 2.24) is 19.5 Å². The smallest absolute Gasteiger partial charge is 0.283 e. The van der Waals surface area contributed by atoms with Gasteiger partial charge in [0.1, 0.15) is 5.56 Å². The highest BCUT2D eigenvalue weighted by atomic mass is 16.1. The Morgan fingerprint density at radius 3 is 3.12 bits per heavy atom. The fourth-order valence-corrected chi connectivity index (χ4v) is 1.22. The van der Waals surface area contributed by atoms with Gasteiger partial charge in [0.15, 0.2) is 5.65 Å². The highest BCUT2D eigenvalue weighted by molar-refractivity contribution is 6.03. The van der Waals surface area contributed by atoms with Gasteiger partial charge < -0.3 is 4.90 Å². The van der Waals surface area contributed by atoms with Gasteiger partial charge in [-0.2, -0.15) is 10.1 Å². The van der Waals surface area contributed by atoms with Gasteiger partial charge in [0.2, 0.25) is 0 Å². The molecule has 82 valence electrons. The largest absolute Gasteiger partial charge is 0.369 e. The van der Waals surface area contributed by atoms with Gasteiger partial charge in [-0.3, -0.25) is 4.79 Å². The minimum atomic E-state index is -0.345. The van der Waals surface area contributed by atoms with E-state index in [2.05, 4.69) is 15.1 Å². The Morgan fingerprint density at radius 2 is 2.38 bits per heavy atom. The van der Waals surface area contributed by atoms with E-state index in [0.717, 1.165) is 0 Å². The van der Waals surface area contributed by atoms with Crippen molar-refractivity contribution in [3.05, 3.63) is 30.2 Å². The summed E-state index contributed by atoms with van der Waals surface area (Å²) in [7, 11) is 3.59. The average molecular weight is 217 g/mol. The number of rotatable bonds is 2. The van der Waals surface area contributed by atoms with E-state index in [1.165, 1.54) is 12.5 Å². The molecule has 0 atom stereocenters. The number of aliphatic imine (C=N–C) groups is 1. The number of amides is 1. The molecule has 2 aromatic rings. The number of carbonyl (C=O) groups excluding carboxylic acids is 1. The van der Waals surface area contributed by atoms with E-state index in [0.29, 0.717) is 11.2 Å². The fraction of sp³-hybridized carbons (Fsp3) is 0.200. The zero-order valence-corrected chi connectivity index (χ0v) is 9.03. The molecule has 6 nitrogen and oxygen atoms in total. The van der Waals surface area contributed by atoms with Gasteiger partial charge in [-0.15, -0.1) is 0 Å². The minimum absolute atomic E-state index is 0.345. The van der Waals surface area contributed by atoms with Crippen LogP contribution in [0.2, 0.25) is 0 Å². The molecule has 0 saturated heterocycles. The predicted molar refractivity (Wildman–Crippen MR) is 59.5 cm³/mol. The highest BCUT2D eigenvalue weighted by Gasteiger charge is 2.11. The monoisotopic (exact) mass is 217 g/mol. The molecule has 0 spiro atoms. The Hall–Kier alpha value is -2.24. The summed E-state index contributed by atoms with van der Waals surface area (Å²) in [4.78, 5) is 21.3. The number of hydrogen-bond acceptors (Lipinski definition) is 3. The van der Waals surface area contributed by atoms with Gasteiger partial charge in [0.05, 0.1) is 12.5 Å². The zero-order valence-electron chi connectivity index (χ0n) is 9.03. The Morgan fingerprint density at radius 1 is 1.56 bits per heavy atom. The van der Waals surface area contributed by atoms with Crippen LogP contribution in [0.4, 0.5) is 0 Å². The molecule has 16 heavy (non-hydrogen) atoms. The zero-order chi connectivity index (χ0) is 11.5. The number of carbonyl (C=O) groups is 1. The van der Waals surface area contributed by atoms with Gasteiger partial charge >= 0.3 is 0 Å². The molecule has 0 bridgehead atoms. The van der Waals surface area contributed by atoms with Crippen LogP contribution in [0.25, 0.3) is 5.65 Å². The SMILES string of the molecule is CN(C)/C=N/C(=O)c1cnn2cccnc12. The van der Waals surface area contributed by atoms with E-state index >= 15 is 0 Å². The lowest BCUT2D eigenvalue weighted by Crippen LogP contribution is -2.09. The van der Waals surface area contributed by atoms with Crippen molar-refractivity contribution in [3.63, 3.8) is 0 Å². The second-order valence-corrected chi connectivity index (χ2v) is 3.46. The van der Waals surface area contributed by atoms with E-state index in [4.69, 9.17) is 0 Å². The maximum absolute atomic E-state index is 11.7. The number of fused-ring (bicyclic) bond motifs is 1. The third kappa shape index (κ3) is 1.90. The van der Waals surface area contributed by atoms with Crippen LogP contribution in [0.1, 0.15) is 10.4 Å². The first-order chi connectivity index (χ1) is 7.68. The molecule has 0 aliphatic heterocycles. The van der Waals surface area contributed by atoms with Gasteiger partial charge in [-0.1, -0.05) is 0 Å². The van der Waals surface area contributed by atoms with Crippen LogP contribution in [-0.2, 0) is 0 Å². The molecule has 0 N–H and O–H groups in total. The molecule has 1 amide bonds.